The van der Waals surface area contributed by atoms with Crippen LogP contribution in [0.4, 0.5) is 0 Å². The van der Waals surface area contributed by atoms with Crippen LogP contribution in [-0.4, -0.2) is 38.5 Å². The van der Waals surface area contributed by atoms with Crippen molar-refractivity contribution in [3.8, 4) is 0 Å². The van der Waals surface area contributed by atoms with E-state index in [1.54, 1.807) is 6.26 Å². The third-order valence-electron chi connectivity index (χ3n) is 2.89. The smallest absolute Gasteiger partial charge is 0.191 e. The molecule has 2 rings (SSSR count). The lowest BCUT2D eigenvalue weighted by atomic mass is 10.3. The Morgan fingerprint density at radius 3 is 3.00 bits per heavy atom. The van der Waals surface area contributed by atoms with Crippen LogP contribution in [0.25, 0.3) is 0 Å². The van der Waals surface area contributed by atoms with Gasteiger partial charge in [-0.1, -0.05) is 0 Å². The van der Waals surface area contributed by atoms with Crippen LogP contribution in [0.2, 0.25) is 0 Å². The van der Waals surface area contributed by atoms with E-state index in [1.807, 2.05) is 19.1 Å². The van der Waals surface area contributed by atoms with Crippen LogP contribution in [-0.2, 0) is 16.4 Å². The van der Waals surface area contributed by atoms with Crippen LogP contribution >= 0.6 is 0 Å². The Balaban J connectivity index is 1.94. The molecular weight excluding hydrogens is 266 g/mol. The highest BCUT2D eigenvalue weighted by atomic mass is 32.2. The number of nitrogens with one attached hydrogen (secondary N) is 2. The van der Waals surface area contributed by atoms with E-state index in [4.69, 9.17) is 4.42 Å². The molecule has 0 amide bonds. The molecule has 0 radical (unpaired) electrons. The summed E-state index contributed by atoms with van der Waals surface area (Å²) in [5.74, 6) is 1.83. The second-order valence-electron chi connectivity index (χ2n) is 4.52. The van der Waals surface area contributed by atoms with Gasteiger partial charge in [0.05, 0.1) is 17.8 Å². The summed E-state index contributed by atoms with van der Waals surface area (Å²) in [6.07, 6.45) is 2.24. The maximum Gasteiger partial charge on any atom is 0.191 e. The van der Waals surface area contributed by atoms with Crippen molar-refractivity contribution in [2.75, 3.05) is 18.1 Å². The maximum atomic E-state index is 11.4. The molecule has 1 aliphatic rings. The second kappa shape index (κ2) is 6.10. The molecule has 1 unspecified atom stereocenters. The van der Waals surface area contributed by atoms with E-state index in [2.05, 4.69) is 15.6 Å². The van der Waals surface area contributed by atoms with E-state index in [9.17, 15) is 8.42 Å². The van der Waals surface area contributed by atoms with E-state index in [0.717, 1.165) is 12.3 Å². The third kappa shape index (κ3) is 4.27. The fraction of sp³-hybridized carbons (Fsp3) is 0.583. The highest BCUT2D eigenvalue weighted by Gasteiger charge is 2.28. The van der Waals surface area contributed by atoms with Gasteiger partial charge in [-0.05, 0) is 25.5 Å². The monoisotopic (exact) mass is 285 g/mol. The van der Waals surface area contributed by atoms with Gasteiger partial charge in [-0.2, -0.15) is 0 Å². The summed E-state index contributed by atoms with van der Waals surface area (Å²) in [6, 6.07) is 3.61. The molecule has 1 aliphatic heterocycles. The normalized spacial score (nSPS) is 22.4. The van der Waals surface area contributed by atoms with Crippen LogP contribution in [0.5, 0.6) is 0 Å². The third-order valence-corrected chi connectivity index (χ3v) is 4.66. The topological polar surface area (TPSA) is 83.7 Å². The van der Waals surface area contributed by atoms with Crippen LogP contribution in [0, 0.1) is 0 Å². The molecule has 0 saturated carbocycles. The average molecular weight is 285 g/mol. The molecule has 106 valence electrons. The summed E-state index contributed by atoms with van der Waals surface area (Å²) in [7, 11) is -2.88. The van der Waals surface area contributed by atoms with Gasteiger partial charge >= 0.3 is 0 Å². The van der Waals surface area contributed by atoms with Crippen molar-refractivity contribution in [1.29, 1.82) is 0 Å². The molecule has 1 aromatic rings. The second-order valence-corrected chi connectivity index (χ2v) is 6.75. The van der Waals surface area contributed by atoms with E-state index in [1.165, 1.54) is 0 Å². The Kier molecular flexibility index (Phi) is 4.47. The largest absolute Gasteiger partial charge is 0.467 e. The van der Waals surface area contributed by atoms with Crippen LogP contribution in [0.15, 0.2) is 27.8 Å². The molecule has 1 atom stereocenters. The van der Waals surface area contributed by atoms with Crippen LogP contribution < -0.4 is 10.6 Å². The van der Waals surface area contributed by atoms with Gasteiger partial charge in [0, 0.05) is 12.6 Å². The van der Waals surface area contributed by atoms with Crippen molar-refractivity contribution in [3.63, 3.8) is 0 Å². The van der Waals surface area contributed by atoms with E-state index < -0.39 is 9.84 Å². The zero-order valence-electron chi connectivity index (χ0n) is 10.9. The molecule has 19 heavy (non-hydrogen) atoms. The fourth-order valence-corrected chi connectivity index (χ4v) is 3.66. The Bertz CT molecular complexity index is 522. The fourth-order valence-electron chi connectivity index (χ4n) is 1.98. The lowest BCUT2D eigenvalue weighted by Crippen LogP contribution is -2.44. The minimum Gasteiger partial charge on any atom is -0.467 e. The number of nitrogens with zero attached hydrogens (tertiary/aromatic N) is 1. The van der Waals surface area contributed by atoms with Gasteiger partial charge in [-0.15, -0.1) is 0 Å². The van der Waals surface area contributed by atoms with E-state index >= 15 is 0 Å². The van der Waals surface area contributed by atoms with Gasteiger partial charge in [0.15, 0.2) is 15.8 Å². The van der Waals surface area contributed by atoms with E-state index in [-0.39, 0.29) is 17.5 Å². The van der Waals surface area contributed by atoms with Crippen molar-refractivity contribution in [1.82, 2.24) is 10.6 Å². The number of aliphatic imine (C=N–C) groups is 1. The minimum atomic E-state index is -2.88. The summed E-state index contributed by atoms with van der Waals surface area (Å²) in [5, 5.41) is 6.25. The molecule has 2 heterocycles. The summed E-state index contributed by atoms with van der Waals surface area (Å²) in [6.45, 7) is 3.13. The standard InChI is InChI=1S/C12H19N3O3S/c1-2-13-12(14-8-11-4-3-6-18-11)15-10-5-7-19(16,17)9-10/h3-4,6,10H,2,5,7-9H2,1H3,(H2,13,14,15). The number of rotatable bonds is 4. The first-order chi connectivity index (χ1) is 9.09. The zero-order valence-corrected chi connectivity index (χ0v) is 11.7. The first kappa shape index (κ1) is 13.9. The highest BCUT2D eigenvalue weighted by molar-refractivity contribution is 7.91. The van der Waals surface area contributed by atoms with Gasteiger partial charge < -0.3 is 15.1 Å². The van der Waals surface area contributed by atoms with Crippen molar-refractivity contribution in [2.45, 2.75) is 25.9 Å². The summed E-state index contributed by atoms with van der Waals surface area (Å²) >= 11 is 0. The summed E-state index contributed by atoms with van der Waals surface area (Å²) in [5.41, 5.74) is 0. The first-order valence-corrected chi connectivity index (χ1v) is 8.19. The van der Waals surface area contributed by atoms with Crippen molar-refractivity contribution in [2.24, 2.45) is 4.99 Å². The van der Waals surface area contributed by atoms with Gasteiger partial charge in [0.1, 0.15) is 12.3 Å². The predicted molar refractivity (Wildman–Crippen MR) is 73.7 cm³/mol. The molecule has 1 fully saturated rings. The van der Waals surface area contributed by atoms with Crippen molar-refractivity contribution in [3.05, 3.63) is 24.2 Å². The molecule has 0 aliphatic carbocycles. The summed E-state index contributed by atoms with van der Waals surface area (Å²) < 4.78 is 28.0. The number of hydrogen-bond donors (Lipinski definition) is 2. The molecule has 1 aromatic heterocycles. The molecular formula is C12H19N3O3S. The maximum absolute atomic E-state index is 11.4. The molecule has 6 nitrogen and oxygen atoms in total. The Hall–Kier alpha value is -1.50. The summed E-state index contributed by atoms with van der Waals surface area (Å²) in [4.78, 5) is 4.37. The molecule has 0 bridgehead atoms. The van der Waals surface area contributed by atoms with E-state index in [0.29, 0.717) is 18.9 Å². The number of hydrogen-bond acceptors (Lipinski definition) is 4. The molecule has 0 aromatic carbocycles. The Labute approximate surface area is 113 Å². The lowest BCUT2D eigenvalue weighted by molar-refractivity contribution is 0.511. The van der Waals surface area contributed by atoms with Crippen LogP contribution in [0.3, 0.4) is 0 Å². The molecule has 1 saturated heterocycles. The van der Waals surface area contributed by atoms with Gasteiger partial charge in [0.25, 0.3) is 0 Å². The molecule has 2 N–H and O–H groups in total. The first-order valence-electron chi connectivity index (χ1n) is 6.37. The van der Waals surface area contributed by atoms with Gasteiger partial charge in [-0.3, -0.25) is 0 Å². The highest BCUT2D eigenvalue weighted by Crippen LogP contribution is 2.11. The number of furan rings is 1. The number of guanidine groups is 1. The molecule has 0 spiro atoms. The van der Waals surface area contributed by atoms with Gasteiger partial charge in [0.2, 0.25) is 0 Å². The lowest BCUT2D eigenvalue weighted by Gasteiger charge is -2.15. The van der Waals surface area contributed by atoms with Crippen molar-refractivity contribution >= 4 is 15.8 Å². The molecule has 7 heteroatoms. The minimum absolute atomic E-state index is 0.0561. The quantitative estimate of drug-likeness (QED) is 0.622. The predicted octanol–water partition coefficient (Wildman–Crippen LogP) is 0.522. The Morgan fingerprint density at radius 1 is 1.58 bits per heavy atom. The van der Waals surface area contributed by atoms with Gasteiger partial charge in [-0.25, -0.2) is 13.4 Å². The average Bonchev–Trinajstić information content (AvgIpc) is 2.96. The zero-order chi connectivity index (χ0) is 13.7. The SMILES string of the molecule is CCNC(=NCc1ccco1)NC1CCS(=O)(=O)C1. The Morgan fingerprint density at radius 2 is 2.42 bits per heavy atom. The number of sulfone groups is 1. The van der Waals surface area contributed by atoms with Crippen molar-refractivity contribution < 1.29 is 12.8 Å². The van der Waals surface area contributed by atoms with Crippen LogP contribution in [0.1, 0.15) is 19.1 Å².